The van der Waals surface area contributed by atoms with Gasteiger partial charge in [0.1, 0.15) is 0 Å². The lowest BCUT2D eigenvalue weighted by Gasteiger charge is -2.03. The van der Waals surface area contributed by atoms with Gasteiger partial charge in [-0.3, -0.25) is 4.57 Å². The summed E-state index contributed by atoms with van der Waals surface area (Å²) in [6, 6.07) is 7.95. The maximum absolute atomic E-state index is 11.4. The molecule has 19 heavy (non-hydrogen) atoms. The zero-order chi connectivity index (χ0) is 13.7. The highest BCUT2D eigenvalue weighted by atomic mass is 32.2. The molecule has 1 aromatic carbocycles. The molecule has 0 unspecified atom stereocenters. The number of nitrogen functional groups attached to an aromatic ring is 1. The van der Waals surface area contributed by atoms with Gasteiger partial charge >= 0.3 is 5.69 Å². The Hall–Kier alpha value is -1.69. The summed E-state index contributed by atoms with van der Waals surface area (Å²) in [6.45, 7) is 2.59. The largest absolute Gasteiger partial charge is 0.399 e. The first-order valence-electron chi connectivity index (χ1n) is 6.33. The van der Waals surface area contributed by atoms with Crippen molar-refractivity contribution >= 4 is 17.4 Å². The van der Waals surface area contributed by atoms with Crippen molar-refractivity contribution in [2.24, 2.45) is 0 Å². The second-order valence-corrected chi connectivity index (χ2v) is 5.31. The molecule has 0 saturated carbocycles. The molecule has 2 aromatic rings. The molecular weight excluding hydrogens is 260 g/mol. The number of thioether (sulfide) groups is 1. The van der Waals surface area contributed by atoms with Crippen molar-refractivity contribution in [3.63, 3.8) is 0 Å². The van der Waals surface area contributed by atoms with Gasteiger partial charge in [-0.15, -0.1) is 5.10 Å². The van der Waals surface area contributed by atoms with E-state index in [-0.39, 0.29) is 5.69 Å². The number of anilines is 1. The van der Waals surface area contributed by atoms with Crippen molar-refractivity contribution in [3.8, 4) is 0 Å². The number of benzene rings is 1. The lowest BCUT2D eigenvalue weighted by Crippen LogP contribution is -2.16. The van der Waals surface area contributed by atoms with Crippen LogP contribution >= 0.6 is 11.8 Å². The lowest BCUT2D eigenvalue weighted by molar-refractivity contribution is 0.660. The van der Waals surface area contributed by atoms with E-state index in [0.29, 0.717) is 6.54 Å². The molecule has 0 aliphatic carbocycles. The molecule has 1 heterocycles. The Morgan fingerprint density at radius 2 is 2.11 bits per heavy atom. The fourth-order valence-electron chi connectivity index (χ4n) is 1.82. The van der Waals surface area contributed by atoms with Crippen LogP contribution in [0.3, 0.4) is 0 Å². The maximum atomic E-state index is 11.4. The number of hydrogen-bond donors (Lipinski definition) is 2. The van der Waals surface area contributed by atoms with Crippen molar-refractivity contribution in [1.29, 1.82) is 0 Å². The monoisotopic (exact) mass is 278 g/mol. The third kappa shape index (κ3) is 3.64. The van der Waals surface area contributed by atoms with Crippen LogP contribution in [0.15, 0.2) is 34.2 Å². The maximum Gasteiger partial charge on any atom is 0.343 e. The number of aromatic amines is 1. The predicted molar refractivity (Wildman–Crippen MR) is 78.4 cm³/mol. The van der Waals surface area contributed by atoms with Crippen molar-refractivity contribution in [2.75, 3.05) is 11.5 Å². The summed E-state index contributed by atoms with van der Waals surface area (Å²) in [7, 11) is 0. The van der Waals surface area contributed by atoms with E-state index in [1.54, 1.807) is 16.3 Å². The smallest absolute Gasteiger partial charge is 0.343 e. The van der Waals surface area contributed by atoms with Crippen LogP contribution in [0.1, 0.15) is 18.9 Å². The molecule has 6 heteroatoms. The summed E-state index contributed by atoms with van der Waals surface area (Å²) < 4.78 is 1.65. The summed E-state index contributed by atoms with van der Waals surface area (Å²) >= 11 is 1.61. The van der Waals surface area contributed by atoms with E-state index in [0.717, 1.165) is 29.4 Å². The fraction of sp³-hybridized carbons (Fsp3) is 0.385. The predicted octanol–water partition coefficient (Wildman–Crippen LogP) is 1.90. The molecule has 0 radical (unpaired) electrons. The van der Waals surface area contributed by atoms with Crippen molar-refractivity contribution in [3.05, 3.63) is 40.3 Å². The fourth-order valence-corrected chi connectivity index (χ4v) is 2.77. The second-order valence-electron chi connectivity index (χ2n) is 4.25. The van der Waals surface area contributed by atoms with E-state index >= 15 is 0 Å². The number of aromatic nitrogens is 3. The highest BCUT2D eigenvalue weighted by Gasteiger charge is 2.06. The highest BCUT2D eigenvalue weighted by molar-refractivity contribution is 7.99. The number of nitrogens with two attached hydrogens (primary N) is 1. The van der Waals surface area contributed by atoms with Crippen molar-refractivity contribution in [1.82, 2.24) is 14.8 Å². The molecule has 0 bridgehead atoms. The van der Waals surface area contributed by atoms with Crippen LogP contribution < -0.4 is 11.4 Å². The molecule has 5 nitrogen and oxygen atoms in total. The summed E-state index contributed by atoms with van der Waals surface area (Å²) in [4.78, 5) is 11.4. The Bertz CT molecular complexity index is 573. The molecule has 0 saturated heterocycles. The van der Waals surface area contributed by atoms with E-state index in [1.807, 2.05) is 19.1 Å². The van der Waals surface area contributed by atoms with Gasteiger partial charge in [-0.1, -0.05) is 23.9 Å². The Morgan fingerprint density at radius 3 is 2.79 bits per heavy atom. The molecule has 102 valence electrons. The third-order valence-electron chi connectivity index (χ3n) is 2.86. The molecule has 0 fully saturated rings. The number of nitrogens with zero attached hydrogens (tertiary/aromatic N) is 2. The molecule has 2 rings (SSSR count). The van der Waals surface area contributed by atoms with Gasteiger partial charge in [0.05, 0.1) is 0 Å². The molecule has 3 N–H and O–H groups in total. The molecule has 0 spiro atoms. The lowest BCUT2D eigenvalue weighted by atomic mass is 10.1. The van der Waals surface area contributed by atoms with Gasteiger partial charge in [0.25, 0.3) is 0 Å². The van der Waals surface area contributed by atoms with Gasteiger partial charge in [-0.05, 0) is 37.5 Å². The van der Waals surface area contributed by atoms with E-state index in [1.165, 1.54) is 5.56 Å². The average molecular weight is 278 g/mol. The van der Waals surface area contributed by atoms with Gasteiger partial charge < -0.3 is 5.73 Å². The van der Waals surface area contributed by atoms with Gasteiger partial charge in [0, 0.05) is 18.0 Å². The van der Waals surface area contributed by atoms with Crippen LogP contribution in [0, 0.1) is 0 Å². The Kier molecular flexibility index (Phi) is 4.68. The molecule has 0 aliphatic heterocycles. The van der Waals surface area contributed by atoms with Crippen LogP contribution in [0.4, 0.5) is 5.69 Å². The first kappa shape index (κ1) is 13.7. The van der Waals surface area contributed by atoms with Gasteiger partial charge in [-0.2, -0.15) is 0 Å². The summed E-state index contributed by atoms with van der Waals surface area (Å²) in [5, 5.41) is 7.26. The minimum atomic E-state index is -0.136. The number of H-pyrrole nitrogens is 1. The van der Waals surface area contributed by atoms with Crippen LogP contribution in [0.2, 0.25) is 0 Å². The molecule has 0 aliphatic rings. The summed E-state index contributed by atoms with van der Waals surface area (Å²) in [5.74, 6) is 0.939. The SMILES string of the molecule is CCn1c(SCCCc2ccc(N)cc2)n[nH]c1=O. The van der Waals surface area contributed by atoms with E-state index in [2.05, 4.69) is 22.3 Å². The topological polar surface area (TPSA) is 76.7 Å². The van der Waals surface area contributed by atoms with Crippen LogP contribution in [0.5, 0.6) is 0 Å². The third-order valence-corrected chi connectivity index (χ3v) is 3.92. The normalized spacial score (nSPS) is 10.8. The first-order valence-corrected chi connectivity index (χ1v) is 7.31. The minimum Gasteiger partial charge on any atom is -0.399 e. The van der Waals surface area contributed by atoms with Crippen molar-refractivity contribution in [2.45, 2.75) is 31.5 Å². The summed E-state index contributed by atoms with van der Waals surface area (Å²) in [5.41, 5.74) is 7.58. The van der Waals surface area contributed by atoms with Crippen LogP contribution in [-0.4, -0.2) is 20.5 Å². The minimum absolute atomic E-state index is 0.136. The molecular formula is C13H18N4OS. The van der Waals surface area contributed by atoms with E-state index in [9.17, 15) is 4.79 Å². The van der Waals surface area contributed by atoms with Gasteiger partial charge in [0.15, 0.2) is 5.16 Å². The van der Waals surface area contributed by atoms with Crippen LogP contribution in [0.25, 0.3) is 0 Å². The Morgan fingerprint density at radius 1 is 1.37 bits per heavy atom. The number of nitrogens with one attached hydrogen (secondary N) is 1. The molecule has 0 amide bonds. The number of rotatable bonds is 6. The van der Waals surface area contributed by atoms with E-state index < -0.39 is 0 Å². The zero-order valence-corrected chi connectivity index (χ0v) is 11.7. The number of hydrogen-bond acceptors (Lipinski definition) is 4. The highest BCUT2D eigenvalue weighted by Crippen LogP contribution is 2.16. The molecule has 1 aromatic heterocycles. The van der Waals surface area contributed by atoms with Gasteiger partial charge in [0.2, 0.25) is 0 Å². The first-order chi connectivity index (χ1) is 9.20. The standard InChI is InChI=1S/C13H18N4OS/c1-2-17-12(18)15-16-13(17)19-9-3-4-10-5-7-11(14)8-6-10/h5-8H,2-4,9,14H2,1H3,(H,15,18). The van der Waals surface area contributed by atoms with Gasteiger partial charge in [-0.25, -0.2) is 9.89 Å². The number of aryl methyl sites for hydroxylation is 1. The van der Waals surface area contributed by atoms with E-state index in [4.69, 9.17) is 5.73 Å². The van der Waals surface area contributed by atoms with Crippen molar-refractivity contribution < 1.29 is 0 Å². The summed E-state index contributed by atoms with van der Waals surface area (Å²) in [6.07, 6.45) is 2.05. The second kappa shape index (κ2) is 6.47. The Balaban J connectivity index is 1.80. The molecule has 0 atom stereocenters. The average Bonchev–Trinajstić information content (AvgIpc) is 2.77. The Labute approximate surface area is 116 Å². The zero-order valence-electron chi connectivity index (χ0n) is 10.9. The quantitative estimate of drug-likeness (QED) is 0.480. The van der Waals surface area contributed by atoms with Crippen LogP contribution in [-0.2, 0) is 13.0 Å².